The second-order valence-corrected chi connectivity index (χ2v) is 6.40. The van der Waals surface area contributed by atoms with E-state index in [1.165, 1.54) is 11.1 Å². The molecule has 2 nitrogen and oxygen atoms in total. The van der Waals surface area contributed by atoms with Gasteiger partial charge >= 0.3 is 0 Å². The highest BCUT2D eigenvalue weighted by atomic mass is 14.8. The van der Waals surface area contributed by atoms with Crippen LogP contribution in [0.15, 0.2) is 94.9 Å². The van der Waals surface area contributed by atoms with Crippen molar-refractivity contribution in [1.82, 2.24) is 0 Å². The number of hydrogen-bond donors (Lipinski definition) is 0. The highest BCUT2D eigenvalue weighted by Crippen LogP contribution is 2.17. The minimum absolute atomic E-state index is 0.157. The minimum atomic E-state index is 0.157. The van der Waals surface area contributed by atoms with E-state index in [1.807, 2.05) is 48.8 Å². The lowest BCUT2D eigenvalue weighted by molar-refractivity contribution is 0.825. The average molecular weight is 340 g/mol. The Morgan fingerprint density at radius 3 is 1.23 bits per heavy atom. The van der Waals surface area contributed by atoms with E-state index in [-0.39, 0.29) is 12.1 Å². The Morgan fingerprint density at radius 1 is 0.538 bits per heavy atom. The Kier molecular flexibility index (Phi) is 6.10. The van der Waals surface area contributed by atoms with Crippen molar-refractivity contribution in [3.05, 3.63) is 107 Å². The monoisotopic (exact) mass is 340 g/mol. The lowest BCUT2D eigenvalue weighted by Crippen LogP contribution is -1.92. The van der Waals surface area contributed by atoms with Gasteiger partial charge in [0.2, 0.25) is 0 Å². The molecule has 0 heterocycles. The number of hydrogen-bond acceptors (Lipinski definition) is 2. The van der Waals surface area contributed by atoms with Gasteiger partial charge in [-0.3, -0.25) is 9.98 Å². The van der Waals surface area contributed by atoms with Crippen LogP contribution in [0.3, 0.4) is 0 Å². The van der Waals surface area contributed by atoms with Crippen molar-refractivity contribution in [2.24, 2.45) is 9.98 Å². The molecule has 130 valence electrons. The first-order chi connectivity index (χ1) is 12.7. The predicted molar refractivity (Wildman–Crippen MR) is 111 cm³/mol. The van der Waals surface area contributed by atoms with Crippen LogP contribution in [0.4, 0.5) is 0 Å². The summed E-state index contributed by atoms with van der Waals surface area (Å²) in [6.07, 6.45) is 3.87. The number of aliphatic imine (C=N–C) groups is 2. The first-order valence-corrected chi connectivity index (χ1v) is 8.98. The van der Waals surface area contributed by atoms with Gasteiger partial charge < -0.3 is 0 Å². The zero-order chi connectivity index (χ0) is 18.2. The van der Waals surface area contributed by atoms with Gasteiger partial charge in [-0.2, -0.15) is 0 Å². The number of rotatable bonds is 6. The fourth-order valence-corrected chi connectivity index (χ4v) is 2.70. The van der Waals surface area contributed by atoms with Gasteiger partial charge in [-0.15, -0.1) is 0 Å². The van der Waals surface area contributed by atoms with Crippen LogP contribution < -0.4 is 0 Å². The topological polar surface area (TPSA) is 24.7 Å². The fraction of sp³-hybridized carbons (Fsp3) is 0.167. The van der Waals surface area contributed by atoms with E-state index in [1.54, 1.807) is 0 Å². The summed E-state index contributed by atoms with van der Waals surface area (Å²) in [6, 6.07) is 29.3. The molecule has 0 aromatic heterocycles. The summed E-state index contributed by atoms with van der Waals surface area (Å²) >= 11 is 0. The number of benzene rings is 3. The molecular weight excluding hydrogens is 316 g/mol. The van der Waals surface area contributed by atoms with Crippen LogP contribution in [0.5, 0.6) is 0 Å². The van der Waals surface area contributed by atoms with Crippen molar-refractivity contribution in [1.29, 1.82) is 0 Å². The number of nitrogens with zero attached hydrogens (tertiary/aromatic N) is 2. The molecule has 0 spiro atoms. The molecule has 26 heavy (non-hydrogen) atoms. The third-order valence-corrected chi connectivity index (χ3v) is 4.39. The van der Waals surface area contributed by atoms with Crippen LogP contribution in [0.2, 0.25) is 0 Å². The summed E-state index contributed by atoms with van der Waals surface area (Å²) < 4.78 is 0. The maximum absolute atomic E-state index is 4.65. The molecule has 0 bridgehead atoms. The fourth-order valence-electron chi connectivity index (χ4n) is 2.70. The highest BCUT2D eigenvalue weighted by Gasteiger charge is 2.01. The molecular formula is C24H24N2. The molecule has 0 aliphatic heterocycles. The highest BCUT2D eigenvalue weighted by molar-refractivity contribution is 5.84. The van der Waals surface area contributed by atoms with Crippen LogP contribution in [-0.2, 0) is 0 Å². The molecule has 0 radical (unpaired) electrons. The standard InChI is InChI=1S/C24H24N2/c1-19(23-9-5-3-6-10-23)25-17-21-13-15-22(16-14-21)18-26-20(2)24-11-7-4-8-12-24/h3-20H,1-2H3/t19-,20-/m1/s1. The van der Waals surface area contributed by atoms with Crippen LogP contribution in [0.25, 0.3) is 0 Å². The summed E-state index contributed by atoms with van der Waals surface area (Å²) in [5.41, 5.74) is 4.65. The van der Waals surface area contributed by atoms with E-state index in [9.17, 15) is 0 Å². The molecule has 3 rings (SSSR count). The van der Waals surface area contributed by atoms with Gasteiger partial charge in [-0.25, -0.2) is 0 Å². The van der Waals surface area contributed by atoms with Crippen LogP contribution in [0, 0.1) is 0 Å². The van der Waals surface area contributed by atoms with Crippen LogP contribution in [0.1, 0.15) is 48.2 Å². The molecule has 2 atom stereocenters. The summed E-state index contributed by atoms with van der Waals surface area (Å²) in [5, 5.41) is 0. The van der Waals surface area contributed by atoms with Gasteiger partial charge in [0, 0.05) is 12.4 Å². The molecule has 3 aromatic carbocycles. The average Bonchev–Trinajstić information content (AvgIpc) is 2.72. The summed E-state index contributed by atoms with van der Waals surface area (Å²) in [7, 11) is 0. The Labute approximate surface area is 156 Å². The van der Waals surface area contributed by atoms with Crippen LogP contribution >= 0.6 is 0 Å². The predicted octanol–water partition coefficient (Wildman–Crippen LogP) is 6.05. The largest absolute Gasteiger partial charge is 0.285 e. The van der Waals surface area contributed by atoms with Gasteiger partial charge in [-0.05, 0) is 36.1 Å². The molecule has 0 saturated carbocycles. The van der Waals surface area contributed by atoms with Gasteiger partial charge in [0.25, 0.3) is 0 Å². The molecule has 2 heteroatoms. The van der Waals surface area contributed by atoms with Crippen molar-refractivity contribution < 1.29 is 0 Å². The van der Waals surface area contributed by atoms with E-state index in [0.29, 0.717) is 0 Å². The van der Waals surface area contributed by atoms with Gasteiger partial charge in [0.05, 0.1) is 12.1 Å². The first kappa shape index (κ1) is 17.8. The Morgan fingerprint density at radius 2 is 0.885 bits per heavy atom. The Hall–Kier alpha value is -3.00. The van der Waals surface area contributed by atoms with Crippen molar-refractivity contribution in [2.45, 2.75) is 25.9 Å². The van der Waals surface area contributed by atoms with Gasteiger partial charge in [-0.1, -0.05) is 84.9 Å². The third kappa shape index (κ3) is 5.00. The van der Waals surface area contributed by atoms with Crippen molar-refractivity contribution in [3.8, 4) is 0 Å². The lowest BCUT2D eigenvalue weighted by atomic mass is 10.1. The lowest BCUT2D eigenvalue weighted by Gasteiger charge is -2.06. The molecule has 0 aliphatic rings. The molecule has 0 amide bonds. The van der Waals surface area contributed by atoms with Gasteiger partial charge in [0.1, 0.15) is 0 Å². The zero-order valence-electron chi connectivity index (χ0n) is 15.3. The normalized spacial score (nSPS) is 13.9. The summed E-state index contributed by atoms with van der Waals surface area (Å²) in [4.78, 5) is 9.30. The molecule has 0 aliphatic carbocycles. The Bertz CT molecular complexity index is 775. The second-order valence-electron chi connectivity index (χ2n) is 6.40. The maximum Gasteiger partial charge on any atom is 0.0721 e. The molecule has 0 saturated heterocycles. The van der Waals surface area contributed by atoms with Crippen molar-refractivity contribution in [3.63, 3.8) is 0 Å². The van der Waals surface area contributed by atoms with Crippen LogP contribution in [-0.4, -0.2) is 12.4 Å². The second kappa shape index (κ2) is 8.91. The summed E-state index contributed by atoms with van der Waals surface area (Å²) in [6.45, 7) is 4.22. The van der Waals surface area contributed by atoms with E-state index in [0.717, 1.165) is 11.1 Å². The van der Waals surface area contributed by atoms with E-state index < -0.39 is 0 Å². The van der Waals surface area contributed by atoms with E-state index in [2.05, 4.69) is 72.4 Å². The van der Waals surface area contributed by atoms with E-state index >= 15 is 0 Å². The molecule has 0 N–H and O–H groups in total. The van der Waals surface area contributed by atoms with E-state index in [4.69, 9.17) is 0 Å². The van der Waals surface area contributed by atoms with Gasteiger partial charge in [0.15, 0.2) is 0 Å². The molecule has 0 fully saturated rings. The third-order valence-electron chi connectivity index (χ3n) is 4.39. The summed E-state index contributed by atoms with van der Waals surface area (Å²) in [5.74, 6) is 0. The van der Waals surface area contributed by atoms with Crippen molar-refractivity contribution in [2.75, 3.05) is 0 Å². The van der Waals surface area contributed by atoms with Crippen molar-refractivity contribution >= 4 is 12.4 Å². The SMILES string of the molecule is C[C@@H](N=Cc1ccc(C=N[C@H](C)c2ccccc2)cc1)c1ccccc1. The first-order valence-electron chi connectivity index (χ1n) is 8.98. The minimum Gasteiger partial charge on any atom is -0.285 e. The maximum atomic E-state index is 4.65. The quantitative estimate of drug-likeness (QED) is 0.488. The zero-order valence-corrected chi connectivity index (χ0v) is 15.3. The molecule has 0 unspecified atom stereocenters. The smallest absolute Gasteiger partial charge is 0.0721 e. The molecule has 3 aromatic rings. The Balaban J connectivity index is 1.61.